The zero-order chi connectivity index (χ0) is 15.3. The lowest BCUT2D eigenvalue weighted by Crippen LogP contribution is -2.69. The van der Waals surface area contributed by atoms with Crippen molar-refractivity contribution in [3.05, 3.63) is 0 Å². The maximum Gasteiger partial charge on any atom is 0.209 e. The van der Waals surface area contributed by atoms with Crippen molar-refractivity contribution >= 4 is 5.78 Å². The number of carbonyl (C=O) groups is 1. The molecule has 6 rings (SSSR count). The van der Waals surface area contributed by atoms with Crippen LogP contribution in [0.1, 0.15) is 58.3 Å². The molecule has 1 aliphatic heterocycles. The van der Waals surface area contributed by atoms with E-state index in [2.05, 4.69) is 11.0 Å². The molecule has 5 aliphatic carbocycles. The first-order valence-electron chi connectivity index (χ1n) is 8.87. The van der Waals surface area contributed by atoms with Crippen molar-refractivity contribution in [1.82, 2.24) is 4.90 Å². The zero-order valence-corrected chi connectivity index (χ0v) is 13.2. The second-order valence-corrected chi connectivity index (χ2v) is 8.99. The van der Waals surface area contributed by atoms with Gasteiger partial charge in [-0.25, -0.2) is 4.90 Å². The molecule has 0 spiro atoms. The van der Waals surface area contributed by atoms with Crippen molar-refractivity contribution in [2.45, 2.75) is 75.1 Å². The van der Waals surface area contributed by atoms with Crippen LogP contribution in [0.25, 0.3) is 0 Å². The van der Waals surface area contributed by atoms with Gasteiger partial charge in [0.05, 0.1) is 5.54 Å². The molecule has 0 aromatic heterocycles. The molecule has 0 aromatic rings. The molecule has 0 aromatic carbocycles. The highest BCUT2D eigenvalue weighted by molar-refractivity contribution is 5.91. The van der Waals surface area contributed by atoms with Crippen LogP contribution in [0.2, 0.25) is 0 Å². The Bertz CT molecular complexity index is 573. The Morgan fingerprint density at radius 1 is 1.09 bits per heavy atom. The van der Waals surface area contributed by atoms with E-state index in [0.29, 0.717) is 6.42 Å². The molecule has 1 heterocycles. The van der Waals surface area contributed by atoms with E-state index in [4.69, 9.17) is 0 Å². The average Bonchev–Trinajstić information content (AvgIpc) is 3.04. The number of likely N-dealkylation sites (tertiary alicyclic amines) is 1. The molecule has 22 heavy (non-hydrogen) atoms. The topological polar surface area (TPSA) is 64.3 Å². The van der Waals surface area contributed by atoms with Crippen LogP contribution in [0.5, 0.6) is 0 Å². The largest absolute Gasteiger partial charge is 0.363 e. The van der Waals surface area contributed by atoms with Gasteiger partial charge in [-0.2, -0.15) is 5.26 Å². The van der Waals surface area contributed by atoms with Gasteiger partial charge in [0, 0.05) is 12.0 Å². The fourth-order valence-electron chi connectivity index (χ4n) is 7.44. The first-order valence-corrected chi connectivity index (χ1v) is 8.87. The highest BCUT2D eigenvalue weighted by Crippen LogP contribution is 2.69. The van der Waals surface area contributed by atoms with Gasteiger partial charge in [0.2, 0.25) is 5.72 Å². The number of ketones is 1. The Balaban J connectivity index is 1.63. The number of piperidine rings is 1. The predicted molar refractivity (Wildman–Crippen MR) is 79.4 cm³/mol. The number of Topliss-reactive ketones (excluding diaryl/α,β-unsaturated/α-hetero) is 1. The fourth-order valence-corrected chi connectivity index (χ4v) is 7.44. The maximum absolute atomic E-state index is 12.5. The predicted octanol–water partition coefficient (Wildman–Crippen LogP) is 2.22. The van der Waals surface area contributed by atoms with Gasteiger partial charge in [-0.3, -0.25) is 4.79 Å². The number of aliphatic hydroxyl groups is 1. The molecule has 1 N–H and O–H groups in total. The van der Waals surface area contributed by atoms with Gasteiger partial charge < -0.3 is 5.11 Å². The van der Waals surface area contributed by atoms with Crippen molar-refractivity contribution in [3.63, 3.8) is 0 Å². The molecule has 4 bridgehead atoms. The Morgan fingerprint density at radius 3 is 2.09 bits per heavy atom. The Kier molecular flexibility index (Phi) is 2.31. The minimum Gasteiger partial charge on any atom is -0.363 e. The minimum absolute atomic E-state index is 0.0872. The van der Waals surface area contributed by atoms with E-state index in [9.17, 15) is 15.2 Å². The highest BCUT2D eigenvalue weighted by Gasteiger charge is 2.78. The summed E-state index contributed by atoms with van der Waals surface area (Å²) in [6.45, 7) is 1.66. The van der Waals surface area contributed by atoms with Gasteiger partial charge >= 0.3 is 0 Å². The van der Waals surface area contributed by atoms with Crippen LogP contribution in [-0.2, 0) is 4.79 Å². The van der Waals surface area contributed by atoms with Crippen LogP contribution in [0.4, 0.5) is 0 Å². The summed E-state index contributed by atoms with van der Waals surface area (Å²) in [6, 6.07) is 2.19. The first-order chi connectivity index (χ1) is 10.4. The van der Waals surface area contributed by atoms with E-state index in [-0.39, 0.29) is 17.2 Å². The summed E-state index contributed by atoms with van der Waals surface area (Å²) in [5, 5.41) is 20.7. The number of hydrogen-bond acceptors (Lipinski definition) is 4. The lowest BCUT2D eigenvalue weighted by molar-refractivity contribution is -0.189. The van der Waals surface area contributed by atoms with Crippen LogP contribution < -0.4 is 0 Å². The number of hydrogen-bond donors (Lipinski definition) is 1. The lowest BCUT2D eigenvalue weighted by atomic mass is 9.52. The zero-order valence-electron chi connectivity index (χ0n) is 13.2. The van der Waals surface area contributed by atoms with Gasteiger partial charge in [-0.05, 0) is 75.5 Å². The number of nitrogens with zero attached hydrogens (tertiary/aromatic N) is 2. The molecule has 1 saturated heterocycles. The Hall–Kier alpha value is -0.920. The van der Waals surface area contributed by atoms with E-state index in [1.54, 1.807) is 6.92 Å². The quantitative estimate of drug-likeness (QED) is 0.794. The third kappa shape index (κ3) is 1.39. The number of rotatable bonds is 2. The molecule has 3 atom stereocenters. The molecular formula is C18H24N2O2. The highest BCUT2D eigenvalue weighted by atomic mass is 16.3. The van der Waals surface area contributed by atoms with Gasteiger partial charge in [-0.15, -0.1) is 0 Å². The van der Waals surface area contributed by atoms with Gasteiger partial charge in [0.15, 0.2) is 0 Å². The van der Waals surface area contributed by atoms with E-state index in [1.807, 2.05) is 0 Å². The number of fused-ring (bicyclic) bond motifs is 1. The SMILES string of the molecule is CC(=O)C12CC1CC(O)(C#N)N2C12CC3CC(CC(C3)C1)C2. The van der Waals surface area contributed by atoms with Crippen LogP contribution in [0, 0.1) is 35.0 Å². The average molecular weight is 300 g/mol. The second-order valence-electron chi connectivity index (χ2n) is 8.99. The summed E-state index contributed by atoms with van der Waals surface area (Å²) in [5.41, 5.74) is -2.02. The monoisotopic (exact) mass is 300 g/mol. The normalized spacial score (nSPS) is 58.4. The third-order valence-corrected chi connectivity index (χ3v) is 7.64. The Labute approximate surface area is 131 Å². The maximum atomic E-state index is 12.5. The molecule has 0 radical (unpaired) electrons. The fraction of sp³-hybridized carbons (Fsp3) is 0.889. The minimum atomic E-state index is -1.42. The van der Waals surface area contributed by atoms with Crippen molar-refractivity contribution in [2.75, 3.05) is 0 Å². The molecule has 118 valence electrons. The molecule has 6 fully saturated rings. The standard InChI is InChI=1S/C18H24N2O2/c1-11(21)18-9-15(18)8-17(22,10-19)20(18)16-5-12-2-13(6-16)4-14(3-12)7-16/h12-15,22H,2-9H2,1H3. The molecule has 4 nitrogen and oxygen atoms in total. The van der Waals surface area contributed by atoms with Gasteiger partial charge in [-0.1, -0.05) is 0 Å². The molecule has 3 unspecified atom stereocenters. The molecule has 5 saturated carbocycles. The van der Waals surface area contributed by atoms with E-state index in [1.165, 1.54) is 19.3 Å². The number of carbonyl (C=O) groups excluding carboxylic acids is 1. The molecule has 0 amide bonds. The molecular weight excluding hydrogens is 276 g/mol. The smallest absolute Gasteiger partial charge is 0.209 e. The molecule has 4 heteroatoms. The van der Waals surface area contributed by atoms with Crippen molar-refractivity contribution in [1.29, 1.82) is 5.26 Å². The van der Waals surface area contributed by atoms with Gasteiger partial charge in [0.1, 0.15) is 11.9 Å². The third-order valence-electron chi connectivity index (χ3n) is 7.64. The summed E-state index contributed by atoms with van der Waals surface area (Å²) in [4.78, 5) is 14.5. The summed E-state index contributed by atoms with van der Waals surface area (Å²) < 4.78 is 0. The van der Waals surface area contributed by atoms with Crippen molar-refractivity contribution in [2.24, 2.45) is 23.7 Å². The van der Waals surface area contributed by atoms with Crippen LogP contribution in [0.3, 0.4) is 0 Å². The summed E-state index contributed by atoms with van der Waals surface area (Å²) in [6.07, 6.45) is 8.57. The van der Waals surface area contributed by atoms with Crippen molar-refractivity contribution in [3.8, 4) is 6.07 Å². The second kappa shape index (κ2) is 3.76. The van der Waals surface area contributed by atoms with E-state index < -0.39 is 11.3 Å². The summed E-state index contributed by atoms with van der Waals surface area (Å²) >= 11 is 0. The first kappa shape index (κ1) is 13.5. The van der Waals surface area contributed by atoms with Crippen LogP contribution in [-0.4, -0.2) is 32.6 Å². The lowest BCUT2D eigenvalue weighted by Gasteiger charge is -2.63. The van der Waals surface area contributed by atoms with Gasteiger partial charge in [0.25, 0.3) is 0 Å². The van der Waals surface area contributed by atoms with Crippen LogP contribution in [0.15, 0.2) is 0 Å². The number of nitriles is 1. The Morgan fingerprint density at radius 2 is 1.64 bits per heavy atom. The van der Waals surface area contributed by atoms with Crippen LogP contribution >= 0.6 is 0 Å². The summed E-state index contributed by atoms with van der Waals surface area (Å²) in [7, 11) is 0. The van der Waals surface area contributed by atoms with E-state index >= 15 is 0 Å². The van der Waals surface area contributed by atoms with Crippen molar-refractivity contribution < 1.29 is 9.90 Å². The summed E-state index contributed by atoms with van der Waals surface area (Å²) in [5.74, 6) is 2.60. The van der Waals surface area contributed by atoms with E-state index in [0.717, 1.165) is 43.4 Å². The molecule has 6 aliphatic rings.